The number of aliphatic hydroxyl groups is 1. The third-order valence-corrected chi connectivity index (χ3v) is 3.57. The van der Waals surface area contributed by atoms with Gasteiger partial charge >= 0.3 is 12.0 Å². The second-order valence-corrected chi connectivity index (χ2v) is 5.57. The molecule has 1 unspecified atom stereocenters. The second-order valence-electron chi connectivity index (χ2n) is 5.57. The number of hydrogen-bond acceptors (Lipinski definition) is 3. The molecule has 0 aromatic carbocycles. The molecule has 1 aliphatic carbocycles. The molecule has 1 fully saturated rings. The van der Waals surface area contributed by atoms with E-state index in [1.165, 1.54) is 4.90 Å². The lowest BCUT2D eigenvalue weighted by Crippen LogP contribution is -2.48. The monoisotopic (exact) mass is 272 g/mol. The Morgan fingerprint density at radius 1 is 1.37 bits per heavy atom. The summed E-state index contributed by atoms with van der Waals surface area (Å²) in [4.78, 5) is 23.8. The molecule has 0 aromatic rings. The summed E-state index contributed by atoms with van der Waals surface area (Å²) in [5.74, 6) is -0.866. The van der Waals surface area contributed by atoms with Gasteiger partial charge in [-0.1, -0.05) is 12.8 Å². The van der Waals surface area contributed by atoms with Crippen LogP contribution in [0.1, 0.15) is 45.4 Å². The molecular weight excluding hydrogens is 248 g/mol. The quantitative estimate of drug-likeness (QED) is 0.677. The number of aliphatic carboxylic acids is 1. The Kier molecular flexibility index (Phi) is 5.60. The molecule has 0 aromatic heterocycles. The lowest BCUT2D eigenvalue weighted by molar-refractivity contribution is -0.137. The lowest BCUT2D eigenvalue weighted by atomic mass is 10.0. The lowest BCUT2D eigenvalue weighted by Gasteiger charge is -2.29. The highest BCUT2D eigenvalue weighted by atomic mass is 16.4. The molecule has 2 amide bonds. The molecule has 1 rings (SSSR count). The molecule has 110 valence electrons. The minimum absolute atomic E-state index is 0.0368. The van der Waals surface area contributed by atoms with Gasteiger partial charge < -0.3 is 20.4 Å². The fraction of sp³-hybridized carbons (Fsp3) is 0.846. The van der Waals surface area contributed by atoms with Gasteiger partial charge in [0.15, 0.2) is 0 Å². The predicted molar refractivity (Wildman–Crippen MR) is 70.9 cm³/mol. The highest BCUT2D eigenvalue weighted by molar-refractivity contribution is 5.74. The minimum Gasteiger partial charge on any atom is -0.481 e. The molecule has 0 radical (unpaired) electrons. The van der Waals surface area contributed by atoms with Crippen LogP contribution in [-0.2, 0) is 4.79 Å². The maximum absolute atomic E-state index is 11.9. The van der Waals surface area contributed by atoms with Crippen molar-refractivity contribution in [2.45, 2.75) is 57.1 Å². The van der Waals surface area contributed by atoms with E-state index in [9.17, 15) is 14.7 Å². The van der Waals surface area contributed by atoms with Crippen LogP contribution < -0.4 is 5.32 Å². The molecule has 0 bridgehead atoms. The van der Waals surface area contributed by atoms with E-state index in [1.807, 2.05) is 0 Å². The minimum atomic E-state index is -0.866. The Balaban J connectivity index is 2.33. The molecule has 0 heterocycles. The van der Waals surface area contributed by atoms with Crippen molar-refractivity contribution in [2.75, 3.05) is 13.6 Å². The third kappa shape index (κ3) is 5.46. The fourth-order valence-corrected chi connectivity index (χ4v) is 2.44. The van der Waals surface area contributed by atoms with Crippen molar-refractivity contribution in [3.05, 3.63) is 0 Å². The number of rotatable bonds is 6. The van der Waals surface area contributed by atoms with Crippen LogP contribution in [0.2, 0.25) is 0 Å². The van der Waals surface area contributed by atoms with Gasteiger partial charge in [0.1, 0.15) is 0 Å². The summed E-state index contributed by atoms with van der Waals surface area (Å²) < 4.78 is 0. The maximum Gasteiger partial charge on any atom is 0.317 e. The molecule has 0 spiro atoms. The summed E-state index contributed by atoms with van der Waals surface area (Å²) in [6.45, 7) is 2.10. The molecule has 1 saturated carbocycles. The van der Waals surface area contributed by atoms with Gasteiger partial charge in [0.05, 0.1) is 12.1 Å². The van der Waals surface area contributed by atoms with Crippen molar-refractivity contribution in [3.8, 4) is 0 Å². The van der Waals surface area contributed by atoms with Gasteiger partial charge in [-0.25, -0.2) is 4.79 Å². The second kappa shape index (κ2) is 6.75. The standard InChI is InChI=1S/C13H24N2O4/c1-10(5-6-11(16)17)14-12(18)15(2)9-13(19)7-3-4-8-13/h10,19H,3-9H2,1-2H3,(H,14,18)(H,16,17). The first-order valence-electron chi connectivity index (χ1n) is 6.78. The van der Waals surface area contributed by atoms with E-state index in [0.29, 0.717) is 13.0 Å². The van der Waals surface area contributed by atoms with Crippen molar-refractivity contribution in [2.24, 2.45) is 0 Å². The highest BCUT2D eigenvalue weighted by Gasteiger charge is 2.33. The molecule has 3 N–H and O–H groups in total. The number of urea groups is 1. The Morgan fingerprint density at radius 2 is 1.95 bits per heavy atom. The summed E-state index contributed by atoms with van der Waals surface area (Å²) in [6, 6.07) is -0.456. The zero-order chi connectivity index (χ0) is 14.5. The van der Waals surface area contributed by atoms with Gasteiger partial charge in [-0.05, 0) is 26.2 Å². The molecule has 6 nitrogen and oxygen atoms in total. The number of nitrogens with one attached hydrogen (secondary N) is 1. The Bertz CT molecular complexity index is 327. The van der Waals surface area contributed by atoms with Gasteiger partial charge in [0.25, 0.3) is 0 Å². The number of hydrogen-bond donors (Lipinski definition) is 3. The topological polar surface area (TPSA) is 89.9 Å². The molecule has 1 atom stereocenters. The van der Waals surface area contributed by atoms with E-state index in [0.717, 1.165) is 25.7 Å². The molecule has 1 aliphatic rings. The van der Waals surface area contributed by atoms with Crippen LogP contribution in [0, 0.1) is 0 Å². The molecular formula is C13H24N2O4. The number of carbonyl (C=O) groups excluding carboxylic acids is 1. The molecule has 0 saturated heterocycles. The van der Waals surface area contributed by atoms with Crippen LogP contribution in [0.3, 0.4) is 0 Å². The summed E-state index contributed by atoms with van der Waals surface area (Å²) >= 11 is 0. The van der Waals surface area contributed by atoms with E-state index in [1.54, 1.807) is 14.0 Å². The number of carboxylic acid groups (broad SMARTS) is 1. The number of nitrogens with zero attached hydrogens (tertiary/aromatic N) is 1. The average molecular weight is 272 g/mol. The fourth-order valence-electron chi connectivity index (χ4n) is 2.44. The van der Waals surface area contributed by atoms with Crippen LogP contribution in [0.5, 0.6) is 0 Å². The van der Waals surface area contributed by atoms with Crippen LogP contribution in [0.4, 0.5) is 4.79 Å². The van der Waals surface area contributed by atoms with Crippen LogP contribution >= 0.6 is 0 Å². The first kappa shape index (κ1) is 15.8. The summed E-state index contributed by atoms with van der Waals surface area (Å²) in [6.07, 6.45) is 3.91. The molecule has 6 heteroatoms. The smallest absolute Gasteiger partial charge is 0.317 e. The van der Waals surface area contributed by atoms with Crippen molar-refractivity contribution in [3.63, 3.8) is 0 Å². The molecule has 19 heavy (non-hydrogen) atoms. The Labute approximate surface area is 113 Å². The van der Waals surface area contributed by atoms with Crippen molar-refractivity contribution < 1.29 is 19.8 Å². The van der Waals surface area contributed by atoms with Crippen molar-refractivity contribution in [1.29, 1.82) is 0 Å². The first-order chi connectivity index (χ1) is 8.82. The van der Waals surface area contributed by atoms with Crippen LogP contribution in [0.15, 0.2) is 0 Å². The number of carboxylic acids is 1. The first-order valence-corrected chi connectivity index (χ1v) is 6.78. The van der Waals surface area contributed by atoms with E-state index in [2.05, 4.69) is 5.32 Å². The van der Waals surface area contributed by atoms with Crippen LogP contribution in [-0.4, -0.2) is 52.3 Å². The maximum atomic E-state index is 11.9. The van der Waals surface area contributed by atoms with E-state index in [-0.39, 0.29) is 18.5 Å². The number of carbonyl (C=O) groups is 2. The number of amides is 2. The number of likely N-dealkylation sites (N-methyl/N-ethyl adjacent to an activating group) is 1. The third-order valence-electron chi connectivity index (χ3n) is 3.57. The van der Waals surface area contributed by atoms with Gasteiger partial charge in [-0.15, -0.1) is 0 Å². The van der Waals surface area contributed by atoms with Gasteiger partial charge in [0, 0.05) is 19.5 Å². The summed E-state index contributed by atoms with van der Waals surface area (Å²) in [5, 5.41) is 21.5. The SMILES string of the molecule is CC(CCC(=O)O)NC(=O)N(C)CC1(O)CCCC1. The van der Waals surface area contributed by atoms with E-state index < -0.39 is 11.6 Å². The van der Waals surface area contributed by atoms with Gasteiger partial charge in [0.2, 0.25) is 0 Å². The normalized spacial score (nSPS) is 18.9. The van der Waals surface area contributed by atoms with Gasteiger partial charge in [-0.3, -0.25) is 4.79 Å². The zero-order valence-corrected chi connectivity index (χ0v) is 11.7. The highest BCUT2D eigenvalue weighted by Crippen LogP contribution is 2.29. The Hall–Kier alpha value is -1.30. The average Bonchev–Trinajstić information content (AvgIpc) is 2.73. The summed E-state index contributed by atoms with van der Waals surface area (Å²) in [5.41, 5.74) is -0.754. The zero-order valence-electron chi connectivity index (χ0n) is 11.7. The van der Waals surface area contributed by atoms with E-state index >= 15 is 0 Å². The van der Waals surface area contributed by atoms with Crippen molar-refractivity contribution in [1.82, 2.24) is 10.2 Å². The summed E-state index contributed by atoms with van der Waals surface area (Å²) in [7, 11) is 1.65. The Morgan fingerprint density at radius 3 is 2.47 bits per heavy atom. The molecule has 0 aliphatic heterocycles. The predicted octanol–water partition coefficient (Wildman–Crippen LogP) is 1.19. The van der Waals surface area contributed by atoms with Gasteiger partial charge in [-0.2, -0.15) is 0 Å². The van der Waals surface area contributed by atoms with Crippen molar-refractivity contribution >= 4 is 12.0 Å². The van der Waals surface area contributed by atoms with Crippen LogP contribution in [0.25, 0.3) is 0 Å². The van der Waals surface area contributed by atoms with E-state index in [4.69, 9.17) is 5.11 Å². The largest absolute Gasteiger partial charge is 0.481 e.